The van der Waals surface area contributed by atoms with Crippen LogP contribution in [-0.2, 0) is 6.42 Å². The molecule has 0 aromatic carbocycles. The fourth-order valence-corrected chi connectivity index (χ4v) is 2.72. The largest absolute Gasteiger partial charge is 0.469 e. The predicted molar refractivity (Wildman–Crippen MR) is 66.5 cm³/mol. The topological polar surface area (TPSA) is 51.2 Å². The summed E-state index contributed by atoms with van der Waals surface area (Å²) < 4.78 is 6.07. The fourth-order valence-electron chi connectivity index (χ4n) is 1.58. The lowest BCUT2D eigenvalue weighted by Crippen LogP contribution is -2.29. The Morgan fingerprint density at radius 1 is 1.56 bits per heavy atom. The maximum Gasteiger partial charge on any atom is 0.101 e. The third-order valence-electron chi connectivity index (χ3n) is 2.39. The van der Waals surface area contributed by atoms with Crippen LogP contribution in [0.15, 0.2) is 28.9 Å². The first kappa shape index (κ1) is 11.7. The van der Waals surface area contributed by atoms with Gasteiger partial charge in [0.05, 0.1) is 16.6 Å². The Bertz CT molecular complexity index is 466. The predicted octanol–water partition coefficient (Wildman–Crippen LogP) is 3.05. The summed E-state index contributed by atoms with van der Waals surface area (Å²) in [5, 5.41) is 0. The molecule has 0 saturated heterocycles. The molecular formula is C11H13ClN2OS. The number of furan rings is 1. The van der Waals surface area contributed by atoms with Gasteiger partial charge in [-0.05, 0) is 25.1 Å². The van der Waals surface area contributed by atoms with Gasteiger partial charge in [-0.15, -0.1) is 11.3 Å². The van der Waals surface area contributed by atoms with E-state index in [-0.39, 0.29) is 6.04 Å². The second-order valence-electron chi connectivity index (χ2n) is 3.62. The number of halogens is 1. The van der Waals surface area contributed by atoms with E-state index >= 15 is 0 Å². The molecule has 1 atom stereocenters. The first-order valence-corrected chi connectivity index (χ1v) is 6.14. The molecule has 2 aromatic heterocycles. The van der Waals surface area contributed by atoms with Gasteiger partial charge in [0.2, 0.25) is 0 Å². The van der Waals surface area contributed by atoms with Crippen molar-refractivity contribution in [2.24, 2.45) is 5.84 Å². The highest BCUT2D eigenvalue weighted by Gasteiger charge is 2.13. The van der Waals surface area contributed by atoms with Crippen molar-refractivity contribution in [3.8, 4) is 0 Å². The number of nitrogens with two attached hydrogens (primary N) is 1. The highest BCUT2D eigenvalue weighted by Crippen LogP contribution is 2.26. The van der Waals surface area contributed by atoms with E-state index in [0.717, 1.165) is 22.1 Å². The molecule has 0 radical (unpaired) electrons. The van der Waals surface area contributed by atoms with Crippen molar-refractivity contribution in [2.75, 3.05) is 0 Å². The van der Waals surface area contributed by atoms with Gasteiger partial charge in [-0.2, -0.15) is 0 Å². The van der Waals surface area contributed by atoms with Crippen molar-refractivity contribution in [1.82, 2.24) is 5.43 Å². The second kappa shape index (κ2) is 5.01. The average Bonchev–Trinajstić information content (AvgIpc) is 2.84. The van der Waals surface area contributed by atoms with E-state index in [1.165, 1.54) is 4.88 Å². The van der Waals surface area contributed by atoms with E-state index in [9.17, 15) is 0 Å². The minimum atomic E-state index is 0.0622. The van der Waals surface area contributed by atoms with Gasteiger partial charge >= 0.3 is 0 Å². The van der Waals surface area contributed by atoms with Crippen LogP contribution in [0.25, 0.3) is 0 Å². The number of rotatable bonds is 4. The quantitative estimate of drug-likeness (QED) is 0.653. The number of hydrazine groups is 1. The zero-order valence-electron chi connectivity index (χ0n) is 8.87. The molecular weight excluding hydrogens is 244 g/mol. The summed E-state index contributed by atoms with van der Waals surface area (Å²) in [5.41, 5.74) is 3.85. The lowest BCUT2D eigenvalue weighted by atomic mass is 10.1. The molecule has 2 heterocycles. The minimum Gasteiger partial charge on any atom is -0.469 e. The zero-order valence-corrected chi connectivity index (χ0v) is 10.4. The molecule has 0 amide bonds. The van der Waals surface area contributed by atoms with Crippen LogP contribution in [0.3, 0.4) is 0 Å². The van der Waals surface area contributed by atoms with Crippen LogP contribution in [0, 0.1) is 6.92 Å². The van der Waals surface area contributed by atoms with Crippen LogP contribution in [0.2, 0.25) is 4.34 Å². The van der Waals surface area contributed by atoms with E-state index in [2.05, 4.69) is 5.43 Å². The Morgan fingerprint density at radius 2 is 2.38 bits per heavy atom. The highest BCUT2D eigenvalue weighted by atomic mass is 35.5. The molecule has 86 valence electrons. The molecule has 2 rings (SSSR count). The van der Waals surface area contributed by atoms with Gasteiger partial charge in [0, 0.05) is 16.9 Å². The Morgan fingerprint density at radius 3 is 2.88 bits per heavy atom. The van der Waals surface area contributed by atoms with Gasteiger partial charge in [0.25, 0.3) is 0 Å². The Kier molecular flexibility index (Phi) is 3.66. The lowest BCUT2D eigenvalue weighted by Gasteiger charge is -2.12. The SMILES string of the molecule is Cc1cc(C(Cc2ccc(Cl)s2)NN)co1. The molecule has 16 heavy (non-hydrogen) atoms. The Hall–Kier alpha value is -0.810. The molecule has 0 fully saturated rings. The molecule has 2 aromatic rings. The van der Waals surface area contributed by atoms with Crippen LogP contribution >= 0.6 is 22.9 Å². The van der Waals surface area contributed by atoms with E-state index in [1.807, 2.05) is 25.1 Å². The first-order chi connectivity index (χ1) is 7.69. The molecule has 0 bridgehead atoms. The number of aryl methyl sites for hydroxylation is 1. The lowest BCUT2D eigenvalue weighted by molar-refractivity contribution is 0.512. The zero-order chi connectivity index (χ0) is 11.5. The van der Waals surface area contributed by atoms with E-state index in [0.29, 0.717) is 0 Å². The van der Waals surface area contributed by atoms with Crippen molar-refractivity contribution in [1.29, 1.82) is 0 Å². The Balaban J connectivity index is 2.12. The molecule has 0 spiro atoms. The summed E-state index contributed by atoms with van der Waals surface area (Å²) in [6.45, 7) is 1.92. The van der Waals surface area contributed by atoms with Crippen molar-refractivity contribution < 1.29 is 4.42 Å². The van der Waals surface area contributed by atoms with Gasteiger partial charge in [0.1, 0.15) is 5.76 Å². The third kappa shape index (κ3) is 2.65. The number of hydrogen-bond donors (Lipinski definition) is 2. The van der Waals surface area contributed by atoms with Crippen LogP contribution < -0.4 is 11.3 Å². The number of thiophene rings is 1. The standard InChI is InChI=1S/C11H13ClN2OS/c1-7-4-8(6-15-7)10(14-13)5-9-2-3-11(12)16-9/h2-4,6,10,14H,5,13H2,1H3. The summed E-state index contributed by atoms with van der Waals surface area (Å²) in [5.74, 6) is 6.44. The monoisotopic (exact) mass is 256 g/mol. The van der Waals surface area contributed by atoms with Gasteiger partial charge in [0.15, 0.2) is 0 Å². The summed E-state index contributed by atoms with van der Waals surface area (Å²) >= 11 is 7.46. The number of hydrogen-bond acceptors (Lipinski definition) is 4. The maximum atomic E-state index is 5.89. The minimum absolute atomic E-state index is 0.0622. The number of nitrogens with one attached hydrogen (secondary N) is 1. The highest BCUT2D eigenvalue weighted by molar-refractivity contribution is 7.16. The summed E-state index contributed by atoms with van der Waals surface area (Å²) in [6, 6.07) is 5.96. The van der Waals surface area contributed by atoms with E-state index < -0.39 is 0 Å². The molecule has 5 heteroatoms. The fraction of sp³-hybridized carbons (Fsp3) is 0.273. The van der Waals surface area contributed by atoms with Crippen molar-refractivity contribution in [2.45, 2.75) is 19.4 Å². The van der Waals surface area contributed by atoms with Gasteiger partial charge < -0.3 is 4.42 Å². The maximum absolute atomic E-state index is 5.89. The molecule has 0 aliphatic rings. The normalized spacial score (nSPS) is 12.9. The van der Waals surface area contributed by atoms with E-state index in [1.54, 1.807) is 17.6 Å². The van der Waals surface area contributed by atoms with Gasteiger partial charge in [-0.3, -0.25) is 11.3 Å². The molecule has 3 nitrogen and oxygen atoms in total. The smallest absolute Gasteiger partial charge is 0.101 e. The third-order valence-corrected chi connectivity index (χ3v) is 3.64. The van der Waals surface area contributed by atoms with Crippen LogP contribution in [0.4, 0.5) is 0 Å². The molecule has 0 aliphatic heterocycles. The van der Waals surface area contributed by atoms with Crippen LogP contribution in [0.1, 0.15) is 22.2 Å². The van der Waals surface area contributed by atoms with Crippen molar-refractivity contribution in [3.63, 3.8) is 0 Å². The molecule has 0 saturated carbocycles. The Labute approximate surface area is 103 Å². The second-order valence-corrected chi connectivity index (χ2v) is 5.42. The van der Waals surface area contributed by atoms with Crippen LogP contribution in [-0.4, -0.2) is 0 Å². The average molecular weight is 257 g/mol. The molecule has 1 unspecified atom stereocenters. The summed E-state index contributed by atoms with van der Waals surface area (Å²) in [4.78, 5) is 1.20. The first-order valence-electron chi connectivity index (χ1n) is 4.94. The summed E-state index contributed by atoms with van der Waals surface area (Å²) in [6.07, 6.45) is 2.54. The van der Waals surface area contributed by atoms with E-state index in [4.69, 9.17) is 21.9 Å². The summed E-state index contributed by atoms with van der Waals surface area (Å²) in [7, 11) is 0. The van der Waals surface area contributed by atoms with Gasteiger partial charge in [-0.25, -0.2) is 0 Å². The van der Waals surface area contributed by atoms with Crippen molar-refractivity contribution >= 4 is 22.9 Å². The molecule has 0 aliphatic carbocycles. The van der Waals surface area contributed by atoms with Gasteiger partial charge in [-0.1, -0.05) is 11.6 Å². The van der Waals surface area contributed by atoms with Crippen molar-refractivity contribution in [3.05, 3.63) is 45.0 Å². The van der Waals surface area contributed by atoms with Crippen LogP contribution in [0.5, 0.6) is 0 Å². The molecule has 3 N–H and O–H groups in total.